The van der Waals surface area contributed by atoms with Crippen molar-refractivity contribution < 1.29 is 9.47 Å². The maximum Gasteiger partial charge on any atom is 0.170 e. The van der Waals surface area contributed by atoms with E-state index in [1.54, 1.807) is 0 Å². The first-order chi connectivity index (χ1) is 20.3. The van der Waals surface area contributed by atoms with E-state index in [1.807, 2.05) is 91.0 Å². The molecule has 0 unspecified atom stereocenters. The lowest BCUT2D eigenvalue weighted by atomic mass is 10.0. The number of ether oxygens (including phenoxy) is 2. The van der Waals surface area contributed by atoms with Crippen molar-refractivity contribution in [1.82, 2.24) is 15.0 Å². The third-order valence-electron chi connectivity index (χ3n) is 7.14. The monoisotopic (exact) mass is 533 g/mol. The predicted octanol–water partition coefficient (Wildman–Crippen LogP) is 8.95. The molecule has 41 heavy (non-hydrogen) atoms. The average Bonchev–Trinajstić information content (AvgIpc) is 3.05. The standard InChI is InChI=1S/C36H27N3O2/c1-3-12-27(13-4-1)34-37-35(28-14-5-2-6-15-28)39-36(38-34)29-21-18-25(19-22-29)10-9-11-26-20-23-32-33(24-26)41-31-17-8-7-16-30(31)40-32/h1-8,12-24H,9-11H2. The van der Waals surface area contributed by atoms with Crippen LogP contribution in [0.2, 0.25) is 0 Å². The Balaban J connectivity index is 1.06. The van der Waals surface area contributed by atoms with Gasteiger partial charge in [-0.3, -0.25) is 0 Å². The zero-order valence-corrected chi connectivity index (χ0v) is 22.4. The third kappa shape index (κ3) is 5.43. The van der Waals surface area contributed by atoms with Crippen LogP contribution >= 0.6 is 0 Å². The minimum absolute atomic E-state index is 0.668. The first kappa shape index (κ1) is 24.7. The van der Waals surface area contributed by atoms with E-state index in [2.05, 4.69) is 36.4 Å². The molecule has 7 rings (SSSR count). The number of nitrogens with zero attached hydrogens (tertiary/aromatic N) is 3. The van der Waals surface area contributed by atoms with E-state index >= 15 is 0 Å². The summed E-state index contributed by atoms with van der Waals surface area (Å²) in [5, 5.41) is 0. The molecule has 5 nitrogen and oxygen atoms in total. The second-order valence-electron chi connectivity index (χ2n) is 10.0. The van der Waals surface area contributed by atoms with Crippen molar-refractivity contribution in [2.45, 2.75) is 19.3 Å². The molecule has 0 fully saturated rings. The summed E-state index contributed by atoms with van der Waals surface area (Å²) in [6.07, 6.45) is 2.95. The Kier molecular flexibility index (Phi) is 6.67. The third-order valence-corrected chi connectivity index (χ3v) is 7.14. The van der Waals surface area contributed by atoms with Gasteiger partial charge in [0.25, 0.3) is 0 Å². The fourth-order valence-corrected chi connectivity index (χ4v) is 4.98. The van der Waals surface area contributed by atoms with Gasteiger partial charge in [0, 0.05) is 16.7 Å². The van der Waals surface area contributed by atoms with Crippen molar-refractivity contribution in [3.05, 3.63) is 139 Å². The van der Waals surface area contributed by atoms with Crippen molar-refractivity contribution in [1.29, 1.82) is 0 Å². The molecule has 5 heteroatoms. The van der Waals surface area contributed by atoms with E-state index in [1.165, 1.54) is 11.1 Å². The number of hydrogen-bond acceptors (Lipinski definition) is 5. The number of benzene rings is 5. The Morgan fingerprint density at radius 2 is 0.829 bits per heavy atom. The lowest BCUT2D eigenvalue weighted by Gasteiger charge is -2.20. The van der Waals surface area contributed by atoms with Gasteiger partial charge in [-0.2, -0.15) is 0 Å². The van der Waals surface area contributed by atoms with Gasteiger partial charge in [0.05, 0.1) is 0 Å². The zero-order valence-electron chi connectivity index (χ0n) is 22.4. The zero-order chi connectivity index (χ0) is 27.4. The predicted molar refractivity (Wildman–Crippen MR) is 161 cm³/mol. The molecule has 0 atom stereocenters. The fourth-order valence-electron chi connectivity index (χ4n) is 4.98. The summed E-state index contributed by atoms with van der Waals surface area (Å²) < 4.78 is 12.0. The lowest BCUT2D eigenvalue weighted by molar-refractivity contribution is 0.359. The molecule has 0 radical (unpaired) electrons. The van der Waals surface area contributed by atoms with Crippen LogP contribution in [-0.4, -0.2) is 15.0 Å². The van der Waals surface area contributed by atoms with Gasteiger partial charge in [-0.25, -0.2) is 15.0 Å². The average molecular weight is 534 g/mol. The molecule has 1 aromatic heterocycles. The van der Waals surface area contributed by atoms with Crippen LogP contribution in [0.5, 0.6) is 23.0 Å². The Morgan fingerprint density at radius 3 is 1.41 bits per heavy atom. The van der Waals surface area contributed by atoms with Crippen molar-refractivity contribution in [2.24, 2.45) is 0 Å². The van der Waals surface area contributed by atoms with Gasteiger partial charge in [-0.15, -0.1) is 0 Å². The van der Waals surface area contributed by atoms with Crippen LogP contribution in [0.3, 0.4) is 0 Å². The molecule has 198 valence electrons. The molecule has 5 aromatic carbocycles. The molecule has 1 aliphatic heterocycles. The molecule has 0 saturated heterocycles. The van der Waals surface area contributed by atoms with Crippen LogP contribution in [-0.2, 0) is 12.8 Å². The normalized spacial score (nSPS) is 11.6. The van der Waals surface area contributed by atoms with Crippen LogP contribution in [0.4, 0.5) is 0 Å². The van der Waals surface area contributed by atoms with Crippen LogP contribution in [0, 0.1) is 0 Å². The van der Waals surface area contributed by atoms with E-state index < -0.39 is 0 Å². The summed E-state index contributed by atoms with van der Waals surface area (Å²) in [5.41, 5.74) is 5.41. The number of para-hydroxylation sites is 2. The van der Waals surface area contributed by atoms with Gasteiger partial charge in [-0.1, -0.05) is 103 Å². The molecule has 1 aliphatic rings. The molecule has 0 amide bonds. The largest absolute Gasteiger partial charge is 0.450 e. The summed E-state index contributed by atoms with van der Waals surface area (Å²) in [4.78, 5) is 14.5. The number of aryl methyl sites for hydroxylation is 2. The molecule has 2 heterocycles. The maximum atomic E-state index is 6.07. The van der Waals surface area contributed by atoms with E-state index in [9.17, 15) is 0 Å². The van der Waals surface area contributed by atoms with Crippen molar-refractivity contribution in [2.75, 3.05) is 0 Å². The number of rotatable bonds is 7. The molecule has 6 aromatic rings. The topological polar surface area (TPSA) is 57.1 Å². The fraction of sp³-hybridized carbons (Fsp3) is 0.0833. The smallest absolute Gasteiger partial charge is 0.170 e. The quantitative estimate of drug-likeness (QED) is 0.205. The minimum Gasteiger partial charge on any atom is -0.450 e. The number of fused-ring (bicyclic) bond motifs is 2. The van der Waals surface area contributed by atoms with Crippen molar-refractivity contribution >= 4 is 0 Å². The molecule has 0 bridgehead atoms. The SMILES string of the molecule is c1ccc(-c2nc(-c3ccccc3)nc(-c3ccc(CCCc4ccc5c(c4)Oc4ccccc4O5)cc3)n2)cc1. The summed E-state index contributed by atoms with van der Waals surface area (Å²) in [7, 11) is 0. The van der Waals surface area contributed by atoms with Gasteiger partial charge in [0.1, 0.15) is 0 Å². The Bertz CT molecular complexity index is 1750. The van der Waals surface area contributed by atoms with Crippen LogP contribution in [0.1, 0.15) is 17.5 Å². The minimum atomic E-state index is 0.668. The highest BCUT2D eigenvalue weighted by Crippen LogP contribution is 2.45. The highest BCUT2D eigenvalue weighted by atomic mass is 16.6. The highest BCUT2D eigenvalue weighted by Gasteiger charge is 2.18. The number of aromatic nitrogens is 3. The first-order valence-electron chi connectivity index (χ1n) is 13.8. The van der Waals surface area contributed by atoms with Gasteiger partial charge >= 0.3 is 0 Å². The summed E-state index contributed by atoms with van der Waals surface area (Å²) in [6, 6.07) is 42.6. The Hall–Kier alpha value is -5.29. The summed E-state index contributed by atoms with van der Waals surface area (Å²) in [5.74, 6) is 5.04. The van der Waals surface area contributed by atoms with Crippen molar-refractivity contribution in [3.8, 4) is 57.2 Å². The summed E-state index contributed by atoms with van der Waals surface area (Å²) in [6.45, 7) is 0. The Morgan fingerprint density at radius 1 is 0.390 bits per heavy atom. The molecular formula is C36H27N3O2. The second kappa shape index (κ2) is 11.1. The van der Waals surface area contributed by atoms with Crippen LogP contribution in [0.25, 0.3) is 34.2 Å². The molecule has 0 N–H and O–H groups in total. The molecule has 0 spiro atoms. The molecular weight excluding hydrogens is 506 g/mol. The van der Waals surface area contributed by atoms with Crippen molar-refractivity contribution in [3.63, 3.8) is 0 Å². The van der Waals surface area contributed by atoms with Gasteiger partial charge in [0.2, 0.25) is 0 Å². The first-order valence-corrected chi connectivity index (χ1v) is 13.8. The van der Waals surface area contributed by atoms with E-state index in [0.29, 0.717) is 17.5 Å². The van der Waals surface area contributed by atoms with Gasteiger partial charge in [-0.05, 0) is 54.7 Å². The lowest BCUT2D eigenvalue weighted by Crippen LogP contribution is -2.00. The van der Waals surface area contributed by atoms with E-state index in [0.717, 1.165) is 59.0 Å². The van der Waals surface area contributed by atoms with Gasteiger partial charge in [0.15, 0.2) is 40.5 Å². The number of hydrogen-bond donors (Lipinski definition) is 0. The summed E-state index contributed by atoms with van der Waals surface area (Å²) >= 11 is 0. The maximum absolute atomic E-state index is 6.07. The van der Waals surface area contributed by atoms with E-state index in [-0.39, 0.29) is 0 Å². The van der Waals surface area contributed by atoms with Gasteiger partial charge < -0.3 is 9.47 Å². The van der Waals surface area contributed by atoms with E-state index in [4.69, 9.17) is 24.4 Å². The molecule has 0 aliphatic carbocycles. The highest BCUT2D eigenvalue weighted by molar-refractivity contribution is 5.66. The molecule has 0 saturated carbocycles. The van der Waals surface area contributed by atoms with Crippen LogP contribution in [0.15, 0.2) is 127 Å². The Labute approximate surface area is 239 Å². The second-order valence-corrected chi connectivity index (χ2v) is 10.0. The van der Waals surface area contributed by atoms with Crippen LogP contribution < -0.4 is 9.47 Å².